The molecule has 0 aromatic heterocycles. The van der Waals surface area contributed by atoms with E-state index in [0.29, 0.717) is 6.54 Å². The molecule has 0 heterocycles. The van der Waals surface area contributed by atoms with Crippen molar-refractivity contribution in [3.05, 3.63) is 0 Å². The van der Waals surface area contributed by atoms with E-state index in [1.165, 1.54) is 0 Å². The highest BCUT2D eigenvalue weighted by atomic mass is 16.3. The molecule has 0 aliphatic heterocycles. The van der Waals surface area contributed by atoms with Crippen molar-refractivity contribution in [2.24, 2.45) is 5.92 Å². The van der Waals surface area contributed by atoms with E-state index in [1.54, 1.807) is 0 Å². The minimum absolute atomic E-state index is 0.140. The third-order valence-corrected chi connectivity index (χ3v) is 2.56. The second-order valence-electron chi connectivity index (χ2n) is 4.27. The SMILES string of the molecule is CC(C)NC(=O)NCC1CCCC1O. The van der Waals surface area contributed by atoms with E-state index in [4.69, 9.17) is 0 Å². The predicted octanol–water partition coefficient (Wildman–Crippen LogP) is 0.855. The molecule has 82 valence electrons. The van der Waals surface area contributed by atoms with Crippen LogP contribution in [0.15, 0.2) is 0 Å². The summed E-state index contributed by atoms with van der Waals surface area (Å²) in [5.74, 6) is 0.243. The summed E-state index contributed by atoms with van der Waals surface area (Å²) in [7, 11) is 0. The number of rotatable bonds is 3. The molecule has 0 radical (unpaired) electrons. The van der Waals surface area contributed by atoms with Crippen LogP contribution in [-0.2, 0) is 0 Å². The Morgan fingerprint density at radius 3 is 2.71 bits per heavy atom. The van der Waals surface area contributed by atoms with Crippen LogP contribution in [0.1, 0.15) is 33.1 Å². The standard InChI is InChI=1S/C10H20N2O2/c1-7(2)12-10(14)11-6-8-4-3-5-9(8)13/h7-9,13H,3-6H2,1-2H3,(H2,11,12,14). The molecule has 0 spiro atoms. The number of nitrogens with one attached hydrogen (secondary N) is 2. The van der Waals surface area contributed by atoms with Gasteiger partial charge in [-0.1, -0.05) is 6.42 Å². The molecular weight excluding hydrogens is 180 g/mol. The monoisotopic (exact) mass is 200 g/mol. The van der Waals surface area contributed by atoms with Crippen molar-refractivity contribution in [2.45, 2.75) is 45.3 Å². The third-order valence-electron chi connectivity index (χ3n) is 2.56. The zero-order valence-corrected chi connectivity index (χ0v) is 8.92. The third kappa shape index (κ3) is 3.54. The lowest BCUT2D eigenvalue weighted by Gasteiger charge is -2.16. The molecule has 0 aromatic carbocycles. The van der Waals surface area contributed by atoms with Gasteiger partial charge in [-0.25, -0.2) is 4.79 Å². The van der Waals surface area contributed by atoms with E-state index < -0.39 is 0 Å². The molecule has 4 nitrogen and oxygen atoms in total. The molecule has 2 amide bonds. The Kier molecular flexibility index (Phi) is 4.20. The minimum atomic E-state index is -0.227. The number of amides is 2. The van der Waals surface area contributed by atoms with Gasteiger partial charge < -0.3 is 15.7 Å². The van der Waals surface area contributed by atoms with Crippen molar-refractivity contribution in [3.63, 3.8) is 0 Å². The molecule has 0 aromatic rings. The Hall–Kier alpha value is -0.770. The predicted molar refractivity (Wildman–Crippen MR) is 55.0 cm³/mol. The van der Waals surface area contributed by atoms with Crippen LogP contribution in [0.2, 0.25) is 0 Å². The van der Waals surface area contributed by atoms with Gasteiger partial charge in [-0.2, -0.15) is 0 Å². The molecule has 14 heavy (non-hydrogen) atoms. The van der Waals surface area contributed by atoms with E-state index in [2.05, 4.69) is 10.6 Å². The summed E-state index contributed by atoms with van der Waals surface area (Å²) in [4.78, 5) is 11.2. The smallest absolute Gasteiger partial charge is 0.314 e. The van der Waals surface area contributed by atoms with Crippen molar-refractivity contribution in [1.82, 2.24) is 10.6 Å². The van der Waals surface area contributed by atoms with Crippen LogP contribution in [0.3, 0.4) is 0 Å². The summed E-state index contributed by atoms with van der Waals surface area (Å²) in [6.45, 7) is 4.42. The van der Waals surface area contributed by atoms with Crippen LogP contribution in [0.4, 0.5) is 4.79 Å². The lowest BCUT2D eigenvalue weighted by atomic mass is 10.1. The zero-order valence-electron chi connectivity index (χ0n) is 8.92. The largest absolute Gasteiger partial charge is 0.393 e. The summed E-state index contributed by atoms with van der Waals surface area (Å²) in [6.07, 6.45) is 2.73. The first-order chi connectivity index (χ1) is 6.59. The molecular formula is C10H20N2O2. The second kappa shape index (κ2) is 5.20. The topological polar surface area (TPSA) is 61.4 Å². The highest BCUT2D eigenvalue weighted by Gasteiger charge is 2.25. The van der Waals surface area contributed by atoms with Crippen LogP contribution in [0, 0.1) is 5.92 Å². The maximum atomic E-state index is 11.2. The van der Waals surface area contributed by atoms with Crippen LogP contribution >= 0.6 is 0 Å². The molecule has 1 aliphatic rings. The van der Waals surface area contributed by atoms with E-state index in [9.17, 15) is 9.90 Å². The Bertz CT molecular complexity index is 195. The molecule has 1 saturated carbocycles. The Labute approximate surface area is 85.1 Å². The maximum absolute atomic E-state index is 11.2. The van der Waals surface area contributed by atoms with Crippen molar-refractivity contribution >= 4 is 6.03 Å². The normalized spacial score (nSPS) is 26.6. The van der Waals surface area contributed by atoms with Crippen molar-refractivity contribution in [3.8, 4) is 0 Å². The van der Waals surface area contributed by atoms with Crippen LogP contribution in [0.25, 0.3) is 0 Å². The van der Waals surface area contributed by atoms with Crippen molar-refractivity contribution in [1.29, 1.82) is 0 Å². The lowest BCUT2D eigenvalue weighted by Crippen LogP contribution is -2.42. The molecule has 0 bridgehead atoms. The van der Waals surface area contributed by atoms with Crippen molar-refractivity contribution < 1.29 is 9.90 Å². The first-order valence-electron chi connectivity index (χ1n) is 5.32. The van der Waals surface area contributed by atoms with Crippen LogP contribution < -0.4 is 10.6 Å². The molecule has 2 unspecified atom stereocenters. The molecule has 1 aliphatic carbocycles. The number of carbonyl (C=O) groups excluding carboxylic acids is 1. The van der Waals surface area contributed by atoms with Gasteiger partial charge in [-0.3, -0.25) is 0 Å². The van der Waals surface area contributed by atoms with Gasteiger partial charge in [0.1, 0.15) is 0 Å². The maximum Gasteiger partial charge on any atom is 0.314 e. The van der Waals surface area contributed by atoms with Gasteiger partial charge in [-0.05, 0) is 26.7 Å². The first kappa shape index (κ1) is 11.3. The Morgan fingerprint density at radius 2 is 2.21 bits per heavy atom. The summed E-state index contributed by atoms with van der Waals surface area (Å²) in [5.41, 5.74) is 0. The molecule has 3 N–H and O–H groups in total. The molecule has 2 atom stereocenters. The first-order valence-corrected chi connectivity index (χ1v) is 5.32. The fourth-order valence-corrected chi connectivity index (χ4v) is 1.79. The average Bonchev–Trinajstić information content (AvgIpc) is 2.46. The van der Waals surface area contributed by atoms with Crippen molar-refractivity contribution in [2.75, 3.05) is 6.54 Å². The summed E-state index contributed by atoms with van der Waals surface area (Å²) in [5, 5.41) is 15.0. The van der Waals surface area contributed by atoms with E-state index in [0.717, 1.165) is 19.3 Å². The number of hydrogen-bond donors (Lipinski definition) is 3. The van der Waals surface area contributed by atoms with Gasteiger partial charge in [0.2, 0.25) is 0 Å². The van der Waals surface area contributed by atoms with Gasteiger partial charge in [-0.15, -0.1) is 0 Å². The second-order valence-corrected chi connectivity index (χ2v) is 4.27. The number of urea groups is 1. The molecule has 0 saturated heterocycles. The fourth-order valence-electron chi connectivity index (χ4n) is 1.79. The van der Waals surface area contributed by atoms with Gasteiger partial charge in [0.05, 0.1) is 6.10 Å². The minimum Gasteiger partial charge on any atom is -0.393 e. The summed E-state index contributed by atoms with van der Waals surface area (Å²) < 4.78 is 0. The zero-order chi connectivity index (χ0) is 10.6. The molecule has 4 heteroatoms. The van der Waals surface area contributed by atoms with Crippen LogP contribution in [0.5, 0.6) is 0 Å². The van der Waals surface area contributed by atoms with Crippen LogP contribution in [-0.4, -0.2) is 29.8 Å². The quantitative estimate of drug-likeness (QED) is 0.632. The van der Waals surface area contributed by atoms with E-state index in [1.807, 2.05) is 13.8 Å². The number of hydrogen-bond acceptors (Lipinski definition) is 2. The lowest BCUT2D eigenvalue weighted by molar-refractivity contribution is 0.132. The summed E-state index contributed by atoms with van der Waals surface area (Å²) >= 11 is 0. The molecule has 1 fully saturated rings. The van der Waals surface area contributed by atoms with Gasteiger partial charge in [0, 0.05) is 18.5 Å². The Balaban J connectivity index is 2.16. The van der Waals surface area contributed by atoms with E-state index in [-0.39, 0.29) is 24.1 Å². The summed E-state index contributed by atoms with van der Waals surface area (Å²) in [6, 6.07) is 0.0163. The number of aliphatic hydroxyl groups is 1. The van der Waals surface area contributed by atoms with E-state index >= 15 is 0 Å². The van der Waals surface area contributed by atoms with Gasteiger partial charge in [0.15, 0.2) is 0 Å². The number of carbonyl (C=O) groups is 1. The molecule has 1 rings (SSSR count). The van der Waals surface area contributed by atoms with Gasteiger partial charge in [0.25, 0.3) is 0 Å². The highest BCUT2D eigenvalue weighted by molar-refractivity contribution is 5.74. The number of aliphatic hydroxyl groups excluding tert-OH is 1. The average molecular weight is 200 g/mol. The highest BCUT2D eigenvalue weighted by Crippen LogP contribution is 2.24. The fraction of sp³-hybridized carbons (Fsp3) is 0.900. The Morgan fingerprint density at radius 1 is 1.50 bits per heavy atom. The van der Waals surface area contributed by atoms with Gasteiger partial charge >= 0.3 is 6.03 Å².